The lowest BCUT2D eigenvalue weighted by Crippen LogP contribution is -2.08. The molecule has 0 aliphatic rings. The van der Waals surface area contributed by atoms with Gasteiger partial charge in [0, 0.05) is 12.1 Å². The Morgan fingerprint density at radius 3 is 2.79 bits per heavy atom. The molecule has 0 aromatic heterocycles. The second-order valence-electron chi connectivity index (χ2n) is 2.98. The summed E-state index contributed by atoms with van der Waals surface area (Å²) in [6.45, 7) is 1.92. The summed E-state index contributed by atoms with van der Waals surface area (Å²) >= 11 is 5.66. The number of nitrogens with zero attached hydrogens (tertiary/aromatic N) is 1. The molecule has 4 nitrogen and oxygen atoms in total. The van der Waals surface area contributed by atoms with Gasteiger partial charge in [0.25, 0.3) is 5.69 Å². The SMILES string of the molecule is CC[C@H](N)c1ccc(Cl)c([N+](=O)[O-])c1. The number of nitro groups is 1. The Morgan fingerprint density at radius 2 is 2.29 bits per heavy atom. The zero-order valence-electron chi connectivity index (χ0n) is 7.74. The fourth-order valence-electron chi connectivity index (χ4n) is 1.14. The third-order valence-electron chi connectivity index (χ3n) is 2.03. The summed E-state index contributed by atoms with van der Waals surface area (Å²) in [6.07, 6.45) is 0.735. The van der Waals surface area contributed by atoms with Gasteiger partial charge in [0.1, 0.15) is 5.02 Å². The molecule has 76 valence electrons. The highest BCUT2D eigenvalue weighted by Crippen LogP contribution is 2.27. The van der Waals surface area contributed by atoms with E-state index in [1.165, 1.54) is 12.1 Å². The summed E-state index contributed by atoms with van der Waals surface area (Å²) in [5, 5.41) is 10.7. The Kier molecular flexibility index (Phi) is 3.43. The second-order valence-corrected chi connectivity index (χ2v) is 3.39. The Labute approximate surface area is 86.8 Å². The van der Waals surface area contributed by atoms with E-state index in [1.807, 2.05) is 6.92 Å². The van der Waals surface area contributed by atoms with Crippen molar-refractivity contribution in [1.29, 1.82) is 0 Å². The predicted molar refractivity (Wildman–Crippen MR) is 55.3 cm³/mol. The van der Waals surface area contributed by atoms with Crippen molar-refractivity contribution in [2.24, 2.45) is 5.73 Å². The molecule has 2 N–H and O–H groups in total. The smallest absolute Gasteiger partial charge is 0.288 e. The highest BCUT2D eigenvalue weighted by atomic mass is 35.5. The molecule has 0 aliphatic carbocycles. The first-order valence-corrected chi connectivity index (χ1v) is 4.63. The van der Waals surface area contributed by atoms with Crippen LogP contribution in [-0.2, 0) is 0 Å². The van der Waals surface area contributed by atoms with E-state index in [0.29, 0.717) is 0 Å². The summed E-state index contributed by atoms with van der Waals surface area (Å²) in [5.74, 6) is 0. The molecule has 0 saturated heterocycles. The third-order valence-corrected chi connectivity index (χ3v) is 2.35. The summed E-state index contributed by atoms with van der Waals surface area (Å²) < 4.78 is 0. The van der Waals surface area contributed by atoms with E-state index in [1.54, 1.807) is 6.07 Å². The van der Waals surface area contributed by atoms with Gasteiger partial charge in [0.15, 0.2) is 0 Å². The maximum absolute atomic E-state index is 10.6. The van der Waals surface area contributed by atoms with Gasteiger partial charge < -0.3 is 5.73 Å². The molecule has 0 bridgehead atoms. The molecular weight excluding hydrogens is 204 g/mol. The molecular formula is C9H11ClN2O2. The van der Waals surface area contributed by atoms with E-state index in [4.69, 9.17) is 17.3 Å². The first-order valence-electron chi connectivity index (χ1n) is 4.25. The highest BCUT2D eigenvalue weighted by molar-refractivity contribution is 6.32. The molecule has 0 saturated carbocycles. The summed E-state index contributed by atoms with van der Waals surface area (Å²) in [7, 11) is 0. The fourth-order valence-corrected chi connectivity index (χ4v) is 1.32. The summed E-state index contributed by atoms with van der Waals surface area (Å²) in [5.41, 5.74) is 6.40. The molecule has 1 rings (SSSR count). The lowest BCUT2D eigenvalue weighted by Gasteiger charge is -2.08. The second kappa shape index (κ2) is 4.39. The molecule has 0 heterocycles. The molecule has 1 aromatic rings. The molecule has 14 heavy (non-hydrogen) atoms. The van der Waals surface area contributed by atoms with Crippen LogP contribution in [0, 0.1) is 10.1 Å². The average Bonchev–Trinajstić information content (AvgIpc) is 2.17. The van der Waals surface area contributed by atoms with Crippen LogP contribution in [0.3, 0.4) is 0 Å². The number of halogens is 1. The number of hydrogen-bond acceptors (Lipinski definition) is 3. The van der Waals surface area contributed by atoms with Crippen LogP contribution in [0.1, 0.15) is 24.9 Å². The van der Waals surface area contributed by atoms with Gasteiger partial charge in [0.05, 0.1) is 4.92 Å². The quantitative estimate of drug-likeness (QED) is 0.621. The van der Waals surface area contributed by atoms with E-state index < -0.39 is 4.92 Å². The van der Waals surface area contributed by atoms with Gasteiger partial charge in [-0.25, -0.2) is 0 Å². The number of rotatable bonds is 3. The predicted octanol–water partition coefficient (Wildman–Crippen LogP) is 2.66. The molecule has 1 aromatic carbocycles. The van der Waals surface area contributed by atoms with E-state index in [2.05, 4.69) is 0 Å². The van der Waals surface area contributed by atoms with E-state index in [-0.39, 0.29) is 16.8 Å². The molecule has 0 fully saturated rings. The highest BCUT2D eigenvalue weighted by Gasteiger charge is 2.14. The van der Waals surface area contributed by atoms with Gasteiger partial charge in [-0.05, 0) is 18.1 Å². The Balaban J connectivity index is 3.12. The van der Waals surface area contributed by atoms with Crippen molar-refractivity contribution < 1.29 is 4.92 Å². The van der Waals surface area contributed by atoms with Crippen LogP contribution < -0.4 is 5.73 Å². The van der Waals surface area contributed by atoms with Crippen LogP contribution in [0.4, 0.5) is 5.69 Å². The average molecular weight is 215 g/mol. The first-order chi connectivity index (χ1) is 6.56. The Hall–Kier alpha value is -1.13. The van der Waals surface area contributed by atoms with Crippen LogP contribution in [0.15, 0.2) is 18.2 Å². The van der Waals surface area contributed by atoms with Crippen molar-refractivity contribution in [1.82, 2.24) is 0 Å². The van der Waals surface area contributed by atoms with Crippen molar-refractivity contribution in [3.63, 3.8) is 0 Å². The van der Waals surface area contributed by atoms with Gasteiger partial charge in [0.2, 0.25) is 0 Å². The lowest BCUT2D eigenvalue weighted by molar-refractivity contribution is -0.384. The molecule has 0 radical (unpaired) electrons. The zero-order valence-corrected chi connectivity index (χ0v) is 8.49. The van der Waals surface area contributed by atoms with Gasteiger partial charge in [-0.15, -0.1) is 0 Å². The maximum Gasteiger partial charge on any atom is 0.288 e. The topological polar surface area (TPSA) is 69.2 Å². The monoisotopic (exact) mass is 214 g/mol. The van der Waals surface area contributed by atoms with Crippen LogP contribution in [0.25, 0.3) is 0 Å². The molecule has 0 aliphatic heterocycles. The van der Waals surface area contributed by atoms with E-state index in [0.717, 1.165) is 12.0 Å². The summed E-state index contributed by atoms with van der Waals surface area (Å²) in [4.78, 5) is 10.1. The van der Waals surface area contributed by atoms with Gasteiger partial charge >= 0.3 is 0 Å². The standard InChI is InChI=1S/C9H11ClN2O2/c1-2-8(11)6-3-4-7(10)9(5-6)12(13)14/h3-5,8H,2,11H2,1H3/t8-/m0/s1. The van der Waals surface area contributed by atoms with Crippen molar-refractivity contribution in [2.75, 3.05) is 0 Å². The normalized spacial score (nSPS) is 12.5. The van der Waals surface area contributed by atoms with Crippen LogP contribution in [0.2, 0.25) is 5.02 Å². The minimum atomic E-state index is -0.506. The van der Waals surface area contributed by atoms with Crippen LogP contribution in [-0.4, -0.2) is 4.92 Å². The van der Waals surface area contributed by atoms with Gasteiger partial charge in [-0.3, -0.25) is 10.1 Å². The minimum Gasteiger partial charge on any atom is -0.324 e. The third kappa shape index (κ3) is 2.21. The van der Waals surface area contributed by atoms with Crippen molar-refractivity contribution >= 4 is 17.3 Å². The van der Waals surface area contributed by atoms with Gasteiger partial charge in [-0.1, -0.05) is 24.6 Å². The van der Waals surface area contributed by atoms with Crippen molar-refractivity contribution in [3.8, 4) is 0 Å². The summed E-state index contributed by atoms with van der Waals surface area (Å²) in [6, 6.07) is 4.47. The molecule has 0 unspecified atom stereocenters. The Morgan fingerprint density at radius 1 is 1.64 bits per heavy atom. The zero-order chi connectivity index (χ0) is 10.7. The molecule has 1 atom stereocenters. The van der Waals surface area contributed by atoms with Crippen molar-refractivity contribution in [2.45, 2.75) is 19.4 Å². The van der Waals surface area contributed by atoms with Crippen molar-refractivity contribution in [3.05, 3.63) is 38.9 Å². The molecule has 0 spiro atoms. The van der Waals surface area contributed by atoms with Crippen LogP contribution >= 0.6 is 11.6 Å². The molecule has 5 heteroatoms. The number of hydrogen-bond donors (Lipinski definition) is 1. The number of nitro benzene ring substituents is 1. The maximum atomic E-state index is 10.6. The first kappa shape index (κ1) is 10.9. The lowest BCUT2D eigenvalue weighted by atomic mass is 10.1. The van der Waals surface area contributed by atoms with E-state index >= 15 is 0 Å². The van der Waals surface area contributed by atoms with Gasteiger partial charge in [-0.2, -0.15) is 0 Å². The Bertz CT molecular complexity index is 355. The minimum absolute atomic E-state index is 0.0898. The van der Waals surface area contributed by atoms with E-state index in [9.17, 15) is 10.1 Å². The number of benzene rings is 1. The number of nitrogens with two attached hydrogens (primary N) is 1. The fraction of sp³-hybridized carbons (Fsp3) is 0.333. The molecule has 0 amide bonds. The van der Waals surface area contributed by atoms with Crippen LogP contribution in [0.5, 0.6) is 0 Å². The largest absolute Gasteiger partial charge is 0.324 e.